The van der Waals surface area contributed by atoms with E-state index in [1.54, 1.807) is 6.92 Å². The van der Waals surface area contributed by atoms with Crippen molar-refractivity contribution in [1.82, 2.24) is 20.9 Å². The van der Waals surface area contributed by atoms with Crippen LogP contribution in [0.25, 0.3) is 0 Å². The number of nitrogens with one attached hydrogen (secondary N) is 3. The third-order valence-electron chi connectivity index (χ3n) is 5.79. The topological polar surface area (TPSA) is 148 Å². The molecule has 164 valence electrons. The van der Waals surface area contributed by atoms with Gasteiger partial charge in [0.15, 0.2) is 0 Å². The van der Waals surface area contributed by atoms with Crippen molar-refractivity contribution in [3.8, 4) is 0 Å². The molecule has 5 unspecified atom stereocenters. The molecule has 3 amide bonds. The quantitative estimate of drug-likeness (QED) is 0.320. The highest BCUT2D eigenvalue weighted by Gasteiger charge is 2.40. The van der Waals surface area contributed by atoms with Crippen molar-refractivity contribution < 1.29 is 29.4 Å². The molecule has 0 saturated carbocycles. The van der Waals surface area contributed by atoms with Gasteiger partial charge in [0.2, 0.25) is 17.7 Å². The number of likely N-dealkylation sites (tertiary alicyclic amines) is 1. The zero-order chi connectivity index (χ0) is 21.6. The number of carboxylic acid groups (broad SMARTS) is 1. The minimum absolute atomic E-state index is 0.243. The molecule has 0 aromatic heterocycles. The molecular formula is C19H32N4O6. The number of carbonyl (C=O) groups is 4. The lowest BCUT2D eigenvalue weighted by molar-refractivity contribution is -0.150. The first-order chi connectivity index (χ1) is 13.8. The lowest BCUT2D eigenvalue weighted by Crippen LogP contribution is -2.59. The monoisotopic (exact) mass is 412 g/mol. The first kappa shape index (κ1) is 23.1. The van der Waals surface area contributed by atoms with Crippen LogP contribution in [0.2, 0.25) is 0 Å². The summed E-state index contributed by atoms with van der Waals surface area (Å²) in [6, 6.07) is -3.40. The molecule has 0 radical (unpaired) electrons. The Hall–Kier alpha value is -2.20. The zero-order valence-corrected chi connectivity index (χ0v) is 17.0. The fourth-order valence-electron chi connectivity index (χ4n) is 3.78. The number of amides is 3. The van der Waals surface area contributed by atoms with E-state index >= 15 is 0 Å². The maximum Gasteiger partial charge on any atom is 0.326 e. The van der Waals surface area contributed by atoms with E-state index in [1.165, 1.54) is 4.90 Å². The second-order valence-corrected chi connectivity index (χ2v) is 7.79. The number of hydrogen-bond donors (Lipinski definition) is 5. The van der Waals surface area contributed by atoms with Gasteiger partial charge in [-0.1, -0.05) is 20.3 Å². The molecule has 0 aliphatic carbocycles. The summed E-state index contributed by atoms with van der Waals surface area (Å²) in [5, 5.41) is 27.1. The molecule has 29 heavy (non-hydrogen) atoms. The summed E-state index contributed by atoms with van der Waals surface area (Å²) in [6.07, 6.45) is 3.08. The van der Waals surface area contributed by atoms with Crippen molar-refractivity contribution in [3.63, 3.8) is 0 Å². The number of hydrogen-bond acceptors (Lipinski definition) is 6. The average Bonchev–Trinajstić information content (AvgIpc) is 3.40. The maximum absolute atomic E-state index is 13.0. The molecule has 2 aliphatic rings. The average molecular weight is 412 g/mol. The van der Waals surface area contributed by atoms with E-state index in [1.807, 2.05) is 6.92 Å². The Morgan fingerprint density at radius 3 is 2.45 bits per heavy atom. The van der Waals surface area contributed by atoms with Crippen LogP contribution in [0.15, 0.2) is 0 Å². The van der Waals surface area contributed by atoms with E-state index < -0.39 is 48.6 Å². The fraction of sp³-hybridized carbons (Fsp3) is 0.789. The van der Waals surface area contributed by atoms with Crippen molar-refractivity contribution in [2.45, 2.75) is 70.1 Å². The molecule has 0 bridgehead atoms. The number of carbonyl (C=O) groups excluding carboxylic acids is 3. The van der Waals surface area contributed by atoms with Gasteiger partial charge in [-0.3, -0.25) is 14.4 Å². The van der Waals surface area contributed by atoms with Crippen molar-refractivity contribution in [1.29, 1.82) is 0 Å². The predicted molar refractivity (Wildman–Crippen MR) is 104 cm³/mol. The van der Waals surface area contributed by atoms with Crippen LogP contribution in [-0.4, -0.2) is 82.7 Å². The van der Waals surface area contributed by atoms with Crippen molar-refractivity contribution in [3.05, 3.63) is 0 Å². The van der Waals surface area contributed by atoms with Gasteiger partial charge in [0.1, 0.15) is 18.1 Å². The summed E-state index contributed by atoms with van der Waals surface area (Å²) in [7, 11) is 0. The summed E-state index contributed by atoms with van der Waals surface area (Å²) < 4.78 is 0. The van der Waals surface area contributed by atoms with Crippen molar-refractivity contribution in [2.75, 3.05) is 19.7 Å². The molecule has 10 heteroatoms. The molecule has 2 saturated heterocycles. The summed E-state index contributed by atoms with van der Waals surface area (Å²) >= 11 is 0. The van der Waals surface area contributed by atoms with E-state index in [0.29, 0.717) is 32.2 Å². The van der Waals surface area contributed by atoms with Gasteiger partial charge in [-0.15, -0.1) is 0 Å². The van der Waals surface area contributed by atoms with Crippen molar-refractivity contribution in [2.24, 2.45) is 5.92 Å². The van der Waals surface area contributed by atoms with Gasteiger partial charge < -0.3 is 31.1 Å². The van der Waals surface area contributed by atoms with E-state index in [9.17, 15) is 29.4 Å². The molecule has 0 aromatic rings. The highest BCUT2D eigenvalue weighted by Crippen LogP contribution is 2.21. The van der Waals surface area contributed by atoms with Gasteiger partial charge >= 0.3 is 5.97 Å². The van der Waals surface area contributed by atoms with Gasteiger partial charge in [-0.05, 0) is 38.1 Å². The minimum atomic E-state index is -1.18. The van der Waals surface area contributed by atoms with Crippen LogP contribution in [-0.2, 0) is 19.2 Å². The highest BCUT2D eigenvalue weighted by molar-refractivity contribution is 5.94. The van der Waals surface area contributed by atoms with Crippen LogP contribution in [0, 0.1) is 5.92 Å². The Kier molecular flexibility index (Phi) is 8.39. The maximum atomic E-state index is 13.0. The fourth-order valence-corrected chi connectivity index (χ4v) is 3.78. The number of carboxylic acids is 1. The zero-order valence-electron chi connectivity index (χ0n) is 17.0. The Balaban J connectivity index is 2.07. The lowest BCUT2D eigenvalue weighted by Gasteiger charge is -2.31. The normalized spacial score (nSPS) is 24.6. The van der Waals surface area contributed by atoms with Crippen LogP contribution >= 0.6 is 0 Å². The van der Waals surface area contributed by atoms with Crippen LogP contribution < -0.4 is 16.0 Å². The Morgan fingerprint density at radius 2 is 1.90 bits per heavy atom. The Morgan fingerprint density at radius 1 is 1.17 bits per heavy atom. The van der Waals surface area contributed by atoms with Crippen LogP contribution in [0.3, 0.4) is 0 Å². The molecule has 2 fully saturated rings. The molecule has 2 heterocycles. The molecule has 2 aliphatic heterocycles. The minimum Gasteiger partial charge on any atom is -0.480 e. The first-order valence-electron chi connectivity index (χ1n) is 10.3. The van der Waals surface area contributed by atoms with Crippen LogP contribution in [0.4, 0.5) is 0 Å². The predicted octanol–water partition coefficient (Wildman–Crippen LogP) is -1.18. The van der Waals surface area contributed by atoms with Crippen molar-refractivity contribution >= 4 is 23.7 Å². The molecule has 5 atom stereocenters. The summed E-state index contributed by atoms with van der Waals surface area (Å²) in [5.41, 5.74) is 0. The van der Waals surface area contributed by atoms with Gasteiger partial charge in [-0.2, -0.15) is 0 Å². The SMILES string of the molecule is CCC(C)C(NC(=O)C(CO)NC(=O)C1CCCN1)C(=O)N1CCCC1C(=O)O. The summed E-state index contributed by atoms with van der Waals surface area (Å²) in [6.45, 7) is 4.11. The molecule has 0 aromatic carbocycles. The Labute approximate surface area is 170 Å². The highest BCUT2D eigenvalue weighted by atomic mass is 16.4. The van der Waals surface area contributed by atoms with Gasteiger partial charge in [0.05, 0.1) is 12.6 Å². The molecular weight excluding hydrogens is 380 g/mol. The van der Waals surface area contributed by atoms with Crippen LogP contribution in [0.1, 0.15) is 46.0 Å². The number of aliphatic hydroxyl groups excluding tert-OH is 1. The third-order valence-corrected chi connectivity index (χ3v) is 5.79. The smallest absolute Gasteiger partial charge is 0.326 e. The third kappa shape index (κ3) is 5.66. The molecule has 0 spiro atoms. The largest absolute Gasteiger partial charge is 0.480 e. The van der Waals surface area contributed by atoms with E-state index in [2.05, 4.69) is 16.0 Å². The molecule has 10 nitrogen and oxygen atoms in total. The van der Waals surface area contributed by atoms with Gasteiger partial charge in [-0.25, -0.2) is 4.79 Å². The number of rotatable bonds is 9. The lowest BCUT2D eigenvalue weighted by atomic mass is 9.97. The van der Waals surface area contributed by atoms with Gasteiger partial charge in [0.25, 0.3) is 0 Å². The van der Waals surface area contributed by atoms with E-state index in [-0.39, 0.29) is 11.8 Å². The summed E-state index contributed by atoms with van der Waals surface area (Å²) in [5.74, 6) is -2.78. The van der Waals surface area contributed by atoms with E-state index in [4.69, 9.17) is 0 Å². The van der Waals surface area contributed by atoms with Gasteiger partial charge in [0, 0.05) is 6.54 Å². The second-order valence-electron chi connectivity index (χ2n) is 7.79. The first-order valence-corrected chi connectivity index (χ1v) is 10.3. The molecule has 2 rings (SSSR count). The van der Waals surface area contributed by atoms with E-state index in [0.717, 1.165) is 13.0 Å². The number of aliphatic carboxylic acids is 1. The Bertz CT molecular complexity index is 622. The number of aliphatic hydroxyl groups is 1. The van der Waals surface area contributed by atoms with Crippen LogP contribution in [0.5, 0.6) is 0 Å². The summed E-state index contributed by atoms with van der Waals surface area (Å²) in [4.78, 5) is 50.7. The second kappa shape index (κ2) is 10.5. The molecule has 5 N–H and O–H groups in total. The number of nitrogens with zero attached hydrogens (tertiary/aromatic N) is 1. The standard InChI is InChI=1S/C19H32N4O6/c1-3-11(2)15(18(27)23-9-5-7-14(23)19(28)29)22-17(26)13(10-24)21-16(25)12-6-4-8-20-12/h11-15,20,24H,3-10H2,1-2H3,(H,21,25)(H,22,26)(H,28,29).